The number of nitrogens with one attached hydrogen (secondary N) is 1. The van der Waals surface area contributed by atoms with Crippen LogP contribution in [0.5, 0.6) is 0 Å². The normalized spacial score (nSPS) is 23.2. The van der Waals surface area contributed by atoms with Crippen LogP contribution in [0.15, 0.2) is 29.4 Å². The Bertz CT molecular complexity index is 768. The van der Waals surface area contributed by atoms with Crippen LogP contribution in [0.1, 0.15) is 36.9 Å². The Morgan fingerprint density at radius 2 is 2.26 bits per heavy atom. The minimum Gasteiger partial charge on any atom is -0.348 e. The zero-order valence-electron chi connectivity index (χ0n) is 15.5. The highest BCUT2D eigenvalue weighted by Crippen LogP contribution is 2.39. The number of piperidine rings is 2. The largest absolute Gasteiger partial charge is 0.348 e. The predicted octanol–water partition coefficient (Wildman–Crippen LogP) is 2.49. The van der Waals surface area contributed by atoms with Crippen LogP contribution in [-0.2, 0) is 22.4 Å². The van der Waals surface area contributed by atoms with Crippen molar-refractivity contribution < 1.29 is 9.59 Å². The Morgan fingerprint density at radius 3 is 3.04 bits per heavy atom. The van der Waals surface area contributed by atoms with Gasteiger partial charge in [-0.1, -0.05) is 0 Å². The van der Waals surface area contributed by atoms with Crippen molar-refractivity contribution in [1.82, 2.24) is 19.8 Å². The van der Waals surface area contributed by atoms with E-state index in [2.05, 4.69) is 9.97 Å². The lowest BCUT2D eigenvalue weighted by atomic mass is 9.73. The summed E-state index contributed by atoms with van der Waals surface area (Å²) in [5.41, 5.74) is 2.22. The molecule has 1 spiro atoms. The first-order valence-electron chi connectivity index (χ1n) is 9.67. The van der Waals surface area contributed by atoms with Gasteiger partial charge in [-0.25, -0.2) is 4.98 Å². The molecular weight excluding hydrogens is 360 g/mol. The van der Waals surface area contributed by atoms with Crippen molar-refractivity contribution >= 4 is 23.2 Å². The lowest BCUT2D eigenvalue weighted by Crippen LogP contribution is -2.55. The number of hydrogen-bond donors (Lipinski definition) is 1. The summed E-state index contributed by atoms with van der Waals surface area (Å²) in [6, 6.07) is 2.03. The van der Waals surface area contributed by atoms with Gasteiger partial charge in [-0.15, -0.1) is 0 Å². The number of imidazole rings is 1. The average Bonchev–Trinajstić information content (AvgIpc) is 3.37. The highest BCUT2D eigenvalue weighted by molar-refractivity contribution is 7.08. The van der Waals surface area contributed by atoms with Crippen LogP contribution in [0, 0.1) is 5.41 Å². The number of amides is 2. The highest BCUT2D eigenvalue weighted by atomic mass is 32.1. The number of aromatic amines is 1. The van der Waals surface area contributed by atoms with Crippen LogP contribution in [0.3, 0.4) is 0 Å². The van der Waals surface area contributed by atoms with Crippen molar-refractivity contribution in [1.29, 1.82) is 0 Å². The molecule has 2 aromatic rings. The number of hydrogen-bond acceptors (Lipinski definition) is 4. The van der Waals surface area contributed by atoms with E-state index in [1.165, 1.54) is 0 Å². The van der Waals surface area contributed by atoms with Gasteiger partial charge in [-0.3, -0.25) is 9.59 Å². The number of rotatable bonds is 5. The van der Waals surface area contributed by atoms with Gasteiger partial charge in [0.05, 0.1) is 12.7 Å². The maximum absolute atomic E-state index is 12.8. The van der Waals surface area contributed by atoms with Crippen molar-refractivity contribution in [2.24, 2.45) is 5.41 Å². The van der Waals surface area contributed by atoms with Crippen molar-refractivity contribution in [3.8, 4) is 0 Å². The Balaban J connectivity index is 1.38. The summed E-state index contributed by atoms with van der Waals surface area (Å²) in [6.45, 7) is 3.10. The van der Waals surface area contributed by atoms with Crippen LogP contribution >= 0.6 is 11.3 Å². The zero-order valence-corrected chi connectivity index (χ0v) is 16.3. The summed E-state index contributed by atoms with van der Waals surface area (Å²) >= 11 is 1.63. The lowest BCUT2D eigenvalue weighted by molar-refractivity contribution is -0.142. The van der Waals surface area contributed by atoms with Crippen LogP contribution in [0.2, 0.25) is 0 Å². The second kappa shape index (κ2) is 7.84. The van der Waals surface area contributed by atoms with Gasteiger partial charge in [0, 0.05) is 56.3 Å². The number of likely N-dealkylation sites (tertiary alicyclic amines) is 2. The third-order valence-electron chi connectivity index (χ3n) is 5.90. The Kier molecular flexibility index (Phi) is 5.29. The highest BCUT2D eigenvalue weighted by Gasteiger charge is 2.42. The fraction of sp³-hybridized carbons (Fsp3) is 0.550. The van der Waals surface area contributed by atoms with E-state index in [9.17, 15) is 9.59 Å². The molecule has 27 heavy (non-hydrogen) atoms. The van der Waals surface area contributed by atoms with E-state index in [1.807, 2.05) is 32.8 Å². The van der Waals surface area contributed by atoms with Gasteiger partial charge >= 0.3 is 0 Å². The van der Waals surface area contributed by atoms with Crippen LogP contribution in [0.4, 0.5) is 0 Å². The Morgan fingerprint density at radius 1 is 1.33 bits per heavy atom. The summed E-state index contributed by atoms with van der Waals surface area (Å²) in [4.78, 5) is 36.4. The Labute approximate surface area is 163 Å². The van der Waals surface area contributed by atoms with Crippen molar-refractivity contribution in [2.45, 2.75) is 38.5 Å². The summed E-state index contributed by atoms with van der Waals surface area (Å²) in [5, 5.41) is 4.07. The molecule has 2 saturated heterocycles. The molecule has 4 rings (SSSR count). The monoisotopic (exact) mass is 386 g/mol. The third-order valence-corrected chi connectivity index (χ3v) is 6.64. The van der Waals surface area contributed by atoms with E-state index < -0.39 is 0 Å². The molecule has 2 aliphatic heterocycles. The molecule has 4 heterocycles. The van der Waals surface area contributed by atoms with Crippen LogP contribution < -0.4 is 0 Å². The minimum atomic E-state index is 0.0600. The molecule has 2 aliphatic rings. The van der Waals surface area contributed by atoms with Gasteiger partial charge in [-0.2, -0.15) is 11.3 Å². The predicted molar refractivity (Wildman–Crippen MR) is 104 cm³/mol. The second-order valence-corrected chi connectivity index (χ2v) is 8.65. The van der Waals surface area contributed by atoms with E-state index >= 15 is 0 Å². The van der Waals surface area contributed by atoms with Crippen LogP contribution in [0.25, 0.3) is 0 Å². The number of carbonyl (C=O) groups excluding carboxylic acids is 2. The van der Waals surface area contributed by atoms with Gasteiger partial charge in [-0.05, 0) is 41.7 Å². The topological polar surface area (TPSA) is 69.3 Å². The SMILES string of the molecule is O=C1CC[C@]2(CCCN(C(=O)Cc3ccsc3)C2)CN1CCc1cnc[nH]1. The number of nitrogens with zero attached hydrogens (tertiary/aromatic N) is 3. The van der Waals surface area contributed by atoms with E-state index in [0.717, 1.165) is 56.6 Å². The maximum atomic E-state index is 12.8. The molecule has 144 valence electrons. The summed E-state index contributed by atoms with van der Waals surface area (Å²) in [7, 11) is 0. The zero-order chi connectivity index (χ0) is 18.7. The first kappa shape index (κ1) is 18.2. The van der Waals surface area contributed by atoms with Gasteiger partial charge in [0.25, 0.3) is 0 Å². The van der Waals surface area contributed by atoms with E-state index in [4.69, 9.17) is 0 Å². The fourth-order valence-corrected chi connectivity index (χ4v) is 5.09. The molecule has 0 aliphatic carbocycles. The second-order valence-electron chi connectivity index (χ2n) is 7.87. The van der Waals surface area contributed by atoms with Gasteiger partial charge in [0.15, 0.2) is 0 Å². The molecule has 1 atom stereocenters. The first-order valence-corrected chi connectivity index (χ1v) is 10.6. The van der Waals surface area contributed by atoms with E-state index in [1.54, 1.807) is 17.7 Å². The van der Waals surface area contributed by atoms with Crippen LogP contribution in [-0.4, -0.2) is 57.8 Å². The summed E-state index contributed by atoms with van der Waals surface area (Å²) in [6.07, 6.45) is 8.39. The number of thiophene rings is 1. The van der Waals surface area contributed by atoms with Crippen molar-refractivity contribution in [3.63, 3.8) is 0 Å². The molecule has 2 amide bonds. The molecule has 2 fully saturated rings. The molecule has 0 radical (unpaired) electrons. The van der Waals surface area contributed by atoms with Crippen molar-refractivity contribution in [3.05, 3.63) is 40.6 Å². The van der Waals surface area contributed by atoms with E-state index in [-0.39, 0.29) is 17.2 Å². The first-order chi connectivity index (χ1) is 13.1. The molecule has 1 N–H and O–H groups in total. The molecule has 0 bridgehead atoms. The minimum absolute atomic E-state index is 0.0600. The standard InChI is InChI=1S/C20H26N4O2S/c25-18-2-6-20(14-24(18)8-3-17-11-21-15-22-17)5-1-7-23(13-20)19(26)10-16-4-9-27-12-16/h4,9,11-12,15H,1-3,5-8,10,13-14H2,(H,21,22)/t20-/m0/s1. The molecule has 0 saturated carbocycles. The lowest BCUT2D eigenvalue weighted by Gasteiger charge is -2.48. The molecule has 0 aromatic carbocycles. The maximum Gasteiger partial charge on any atom is 0.227 e. The molecule has 2 aromatic heterocycles. The summed E-state index contributed by atoms with van der Waals surface area (Å²) in [5.74, 6) is 0.454. The fourth-order valence-electron chi connectivity index (χ4n) is 4.42. The average molecular weight is 387 g/mol. The molecular formula is C20H26N4O2S. The third kappa shape index (κ3) is 4.24. The smallest absolute Gasteiger partial charge is 0.227 e. The Hall–Kier alpha value is -2.15. The van der Waals surface area contributed by atoms with Crippen molar-refractivity contribution in [2.75, 3.05) is 26.2 Å². The van der Waals surface area contributed by atoms with Gasteiger partial charge in [0.2, 0.25) is 11.8 Å². The molecule has 6 nitrogen and oxygen atoms in total. The number of H-pyrrole nitrogens is 1. The van der Waals surface area contributed by atoms with Gasteiger partial charge in [0.1, 0.15) is 0 Å². The summed E-state index contributed by atoms with van der Waals surface area (Å²) < 4.78 is 0. The molecule has 0 unspecified atom stereocenters. The molecule has 7 heteroatoms. The van der Waals surface area contributed by atoms with E-state index in [0.29, 0.717) is 19.4 Å². The number of carbonyl (C=O) groups is 2. The number of aromatic nitrogens is 2. The van der Waals surface area contributed by atoms with Gasteiger partial charge < -0.3 is 14.8 Å². The quantitative estimate of drug-likeness (QED) is 0.858.